The topological polar surface area (TPSA) is 93.4 Å². The lowest BCUT2D eigenvalue weighted by atomic mass is 10.1. The van der Waals surface area contributed by atoms with Crippen LogP contribution in [0.1, 0.15) is 28.7 Å². The molecule has 4 rings (SSSR count). The van der Waals surface area contributed by atoms with Crippen molar-refractivity contribution in [1.29, 1.82) is 0 Å². The van der Waals surface area contributed by atoms with Gasteiger partial charge in [-0.3, -0.25) is 10.1 Å². The lowest BCUT2D eigenvalue weighted by molar-refractivity contribution is 0.0976. The number of carbonyl (C=O) groups excluding carboxylic acids is 1. The molecule has 0 spiro atoms. The average molecular weight is 453 g/mol. The van der Waals surface area contributed by atoms with Crippen LogP contribution in [0.15, 0.2) is 48.5 Å². The van der Waals surface area contributed by atoms with Crippen LogP contribution in [0, 0.1) is 6.92 Å². The van der Waals surface area contributed by atoms with Crippen molar-refractivity contribution < 1.29 is 9.53 Å². The lowest BCUT2D eigenvalue weighted by Gasteiger charge is -2.10. The molecule has 10 heteroatoms. The predicted molar refractivity (Wildman–Crippen MR) is 123 cm³/mol. The van der Waals surface area contributed by atoms with Crippen LogP contribution in [-0.4, -0.2) is 37.4 Å². The SMILES string of the molecule is CCOc1ccc(C(=O)NC(=S)NCc2ccc(-c3nn4c(C)nnc4s3)cc2)cc1. The number of benzene rings is 2. The van der Waals surface area contributed by atoms with Gasteiger partial charge in [-0.15, -0.1) is 10.2 Å². The minimum Gasteiger partial charge on any atom is -0.494 e. The van der Waals surface area contributed by atoms with Crippen molar-refractivity contribution in [1.82, 2.24) is 30.4 Å². The lowest BCUT2D eigenvalue weighted by Crippen LogP contribution is -2.38. The summed E-state index contributed by atoms with van der Waals surface area (Å²) < 4.78 is 7.12. The maximum Gasteiger partial charge on any atom is 0.257 e. The number of nitrogens with zero attached hydrogens (tertiary/aromatic N) is 4. The molecular formula is C21H20N6O2S2. The number of nitrogens with one attached hydrogen (secondary N) is 2. The van der Waals surface area contributed by atoms with Gasteiger partial charge in [0.05, 0.1) is 6.61 Å². The van der Waals surface area contributed by atoms with Crippen molar-refractivity contribution >= 4 is 39.5 Å². The van der Waals surface area contributed by atoms with Crippen LogP contribution in [-0.2, 0) is 6.54 Å². The van der Waals surface area contributed by atoms with Gasteiger partial charge in [0.2, 0.25) is 4.96 Å². The quantitative estimate of drug-likeness (QED) is 0.433. The Morgan fingerprint density at radius 2 is 1.87 bits per heavy atom. The Morgan fingerprint density at radius 1 is 1.13 bits per heavy atom. The number of hydrogen-bond donors (Lipinski definition) is 2. The third kappa shape index (κ3) is 4.86. The number of rotatable bonds is 6. The number of ether oxygens (including phenoxy) is 1. The number of fused-ring (bicyclic) bond motifs is 1. The second kappa shape index (κ2) is 9.19. The Bertz CT molecular complexity index is 1220. The normalized spacial score (nSPS) is 10.8. The van der Waals surface area contributed by atoms with Crippen molar-refractivity contribution in [3.63, 3.8) is 0 Å². The molecule has 2 aromatic carbocycles. The number of thiocarbonyl (C=S) groups is 1. The summed E-state index contributed by atoms with van der Waals surface area (Å²) in [5, 5.41) is 19.5. The molecule has 0 aliphatic rings. The van der Waals surface area contributed by atoms with E-state index in [4.69, 9.17) is 17.0 Å². The Balaban J connectivity index is 1.31. The van der Waals surface area contributed by atoms with Crippen molar-refractivity contribution in [2.24, 2.45) is 0 Å². The van der Waals surface area contributed by atoms with E-state index in [1.807, 2.05) is 38.1 Å². The highest BCUT2D eigenvalue weighted by Gasteiger charge is 2.11. The van der Waals surface area contributed by atoms with Crippen molar-refractivity contribution in [2.45, 2.75) is 20.4 Å². The zero-order chi connectivity index (χ0) is 21.8. The number of carbonyl (C=O) groups is 1. The summed E-state index contributed by atoms with van der Waals surface area (Å²) in [4.78, 5) is 13.1. The van der Waals surface area contributed by atoms with Gasteiger partial charge in [0.25, 0.3) is 5.91 Å². The highest BCUT2D eigenvalue weighted by molar-refractivity contribution is 7.80. The second-order valence-electron chi connectivity index (χ2n) is 6.64. The van der Waals surface area contributed by atoms with Crippen LogP contribution in [0.25, 0.3) is 15.5 Å². The van der Waals surface area contributed by atoms with E-state index >= 15 is 0 Å². The molecule has 31 heavy (non-hydrogen) atoms. The van der Waals surface area contributed by atoms with E-state index in [0.29, 0.717) is 18.7 Å². The summed E-state index contributed by atoms with van der Waals surface area (Å²) in [5.74, 6) is 1.22. The minimum absolute atomic E-state index is 0.269. The molecular weight excluding hydrogens is 432 g/mol. The molecule has 0 atom stereocenters. The standard InChI is InChI=1S/C21H20N6O2S2/c1-3-29-17-10-8-15(9-11-17)18(28)23-20(30)22-12-14-4-6-16(7-5-14)19-26-27-13(2)24-25-21(27)31-19/h4-11H,3,12H2,1-2H3,(H2,22,23,28,30). The zero-order valence-electron chi connectivity index (χ0n) is 17.0. The van der Waals surface area contributed by atoms with Crippen LogP contribution >= 0.6 is 23.6 Å². The van der Waals surface area contributed by atoms with E-state index in [9.17, 15) is 4.79 Å². The van der Waals surface area contributed by atoms with Gasteiger partial charge in [0.15, 0.2) is 10.9 Å². The molecule has 2 N–H and O–H groups in total. The maximum atomic E-state index is 12.3. The van der Waals surface area contributed by atoms with Gasteiger partial charge in [0, 0.05) is 17.7 Å². The molecule has 0 aliphatic carbocycles. The molecule has 8 nitrogen and oxygen atoms in total. The van der Waals surface area contributed by atoms with E-state index in [1.54, 1.807) is 28.8 Å². The third-order valence-corrected chi connectivity index (χ3v) is 5.65. The predicted octanol–water partition coefficient (Wildman–Crippen LogP) is 3.36. The van der Waals surface area contributed by atoms with E-state index in [2.05, 4.69) is 25.9 Å². The molecule has 0 fully saturated rings. The number of aromatic nitrogens is 4. The highest BCUT2D eigenvalue weighted by Crippen LogP contribution is 2.25. The maximum absolute atomic E-state index is 12.3. The Kier molecular flexibility index (Phi) is 6.19. The molecule has 1 amide bonds. The first-order valence-corrected chi connectivity index (χ1v) is 10.9. The smallest absolute Gasteiger partial charge is 0.257 e. The Labute approximate surface area is 188 Å². The van der Waals surface area contributed by atoms with Gasteiger partial charge >= 0.3 is 0 Å². The fourth-order valence-electron chi connectivity index (χ4n) is 2.87. The van der Waals surface area contributed by atoms with Gasteiger partial charge < -0.3 is 10.1 Å². The zero-order valence-corrected chi connectivity index (χ0v) is 18.6. The molecule has 0 bridgehead atoms. The van der Waals surface area contributed by atoms with Crippen LogP contribution in [0.2, 0.25) is 0 Å². The molecule has 0 saturated heterocycles. The molecule has 0 unspecified atom stereocenters. The number of hydrogen-bond acceptors (Lipinski definition) is 7. The summed E-state index contributed by atoms with van der Waals surface area (Å²) in [6.07, 6.45) is 0. The third-order valence-electron chi connectivity index (χ3n) is 4.46. The van der Waals surface area contributed by atoms with Gasteiger partial charge in [-0.25, -0.2) is 0 Å². The van der Waals surface area contributed by atoms with E-state index < -0.39 is 0 Å². The monoisotopic (exact) mass is 452 g/mol. The van der Waals surface area contributed by atoms with Gasteiger partial charge in [-0.05, 0) is 55.9 Å². The van der Waals surface area contributed by atoms with Crippen molar-refractivity contribution in [3.8, 4) is 16.3 Å². The summed E-state index contributed by atoms with van der Waals surface area (Å²) >= 11 is 6.74. The fourth-order valence-corrected chi connectivity index (χ4v) is 3.92. The van der Waals surface area contributed by atoms with Crippen LogP contribution in [0.5, 0.6) is 5.75 Å². The summed E-state index contributed by atoms with van der Waals surface area (Å²) in [6, 6.07) is 14.9. The number of aryl methyl sites for hydroxylation is 1. The molecule has 158 valence electrons. The largest absolute Gasteiger partial charge is 0.494 e. The minimum atomic E-state index is -0.269. The summed E-state index contributed by atoms with van der Waals surface area (Å²) in [5.41, 5.74) is 2.54. The van der Waals surface area contributed by atoms with Gasteiger partial charge in [-0.2, -0.15) is 9.61 Å². The van der Waals surface area contributed by atoms with Crippen LogP contribution in [0.4, 0.5) is 0 Å². The van der Waals surface area contributed by atoms with E-state index in [0.717, 1.165) is 32.7 Å². The molecule has 0 aliphatic heterocycles. The molecule has 0 radical (unpaired) electrons. The van der Waals surface area contributed by atoms with Crippen molar-refractivity contribution in [3.05, 3.63) is 65.5 Å². The first kappa shape index (κ1) is 20.9. The van der Waals surface area contributed by atoms with E-state index in [-0.39, 0.29) is 11.0 Å². The number of amides is 1. The van der Waals surface area contributed by atoms with Crippen LogP contribution in [0.3, 0.4) is 0 Å². The molecule has 4 aromatic rings. The average Bonchev–Trinajstić information content (AvgIpc) is 3.35. The Hall–Kier alpha value is -3.37. The van der Waals surface area contributed by atoms with E-state index in [1.165, 1.54) is 11.3 Å². The van der Waals surface area contributed by atoms with Gasteiger partial charge in [0.1, 0.15) is 10.8 Å². The molecule has 2 aromatic heterocycles. The first-order chi connectivity index (χ1) is 15.0. The Morgan fingerprint density at radius 3 is 2.55 bits per heavy atom. The fraction of sp³-hybridized carbons (Fsp3) is 0.190. The second-order valence-corrected chi connectivity index (χ2v) is 8.00. The highest BCUT2D eigenvalue weighted by atomic mass is 32.1. The van der Waals surface area contributed by atoms with Crippen LogP contribution < -0.4 is 15.4 Å². The summed E-state index contributed by atoms with van der Waals surface area (Å²) in [6.45, 7) is 4.85. The molecule has 2 heterocycles. The summed E-state index contributed by atoms with van der Waals surface area (Å²) in [7, 11) is 0. The van der Waals surface area contributed by atoms with Crippen molar-refractivity contribution in [2.75, 3.05) is 6.61 Å². The molecule has 0 saturated carbocycles. The van der Waals surface area contributed by atoms with Gasteiger partial charge in [-0.1, -0.05) is 35.6 Å². The first-order valence-electron chi connectivity index (χ1n) is 9.63.